The van der Waals surface area contributed by atoms with Gasteiger partial charge in [-0.1, -0.05) is 30.3 Å². The number of amides is 1. The first kappa shape index (κ1) is 25.0. The van der Waals surface area contributed by atoms with Crippen LogP contribution in [0.5, 0.6) is 0 Å². The van der Waals surface area contributed by atoms with E-state index in [-0.39, 0.29) is 29.9 Å². The molecule has 1 aliphatic heterocycles. The van der Waals surface area contributed by atoms with Gasteiger partial charge in [0, 0.05) is 51.0 Å². The molecule has 3 rings (SSSR count). The SMILES string of the molecule is CCNC(=NCc1ccc(C(=O)N(C)C)cc1)NCC(C)N1CCc2ccccc21.I. The van der Waals surface area contributed by atoms with Crippen LogP contribution in [0.1, 0.15) is 35.3 Å². The zero-order chi connectivity index (χ0) is 21.5. The van der Waals surface area contributed by atoms with Gasteiger partial charge in [-0.25, -0.2) is 4.99 Å². The smallest absolute Gasteiger partial charge is 0.253 e. The molecule has 31 heavy (non-hydrogen) atoms. The fraction of sp³-hybridized carbons (Fsp3) is 0.417. The monoisotopic (exact) mass is 535 g/mol. The average molecular weight is 535 g/mol. The number of benzene rings is 2. The molecule has 7 heteroatoms. The summed E-state index contributed by atoms with van der Waals surface area (Å²) in [4.78, 5) is 20.8. The first-order chi connectivity index (χ1) is 14.5. The summed E-state index contributed by atoms with van der Waals surface area (Å²) >= 11 is 0. The van der Waals surface area contributed by atoms with E-state index in [1.165, 1.54) is 11.3 Å². The Morgan fingerprint density at radius 3 is 2.52 bits per heavy atom. The minimum absolute atomic E-state index is 0. The molecule has 1 aliphatic rings. The van der Waals surface area contributed by atoms with Crippen LogP contribution >= 0.6 is 24.0 Å². The van der Waals surface area contributed by atoms with Crippen molar-refractivity contribution < 1.29 is 4.79 Å². The predicted molar refractivity (Wildman–Crippen MR) is 140 cm³/mol. The summed E-state index contributed by atoms with van der Waals surface area (Å²) in [6.45, 7) is 7.57. The van der Waals surface area contributed by atoms with Gasteiger partial charge in [-0.15, -0.1) is 24.0 Å². The van der Waals surface area contributed by atoms with Crippen molar-refractivity contribution >= 4 is 41.5 Å². The van der Waals surface area contributed by atoms with Crippen molar-refractivity contribution in [3.8, 4) is 0 Å². The van der Waals surface area contributed by atoms with Crippen LogP contribution < -0.4 is 15.5 Å². The number of guanidine groups is 1. The number of hydrogen-bond donors (Lipinski definition) is 2. The maximum absolute atomic E-state index is 12.0. The molecule has 1 atom stereocenters. The van der Waals surface area contributed by atoms with E-state index in [0.717, 1.165) is 37.6 Å². The van der Waals surface area contributed by atoms with E-state index in [9.17, 15) is 4.79 Å². The first-order valence-electron chi connectivity index (χ1n) is 10.7. The molecule has 1 heterocycles. The van der Waals surface area contributed by atoms with Gasteiger partial charge in [0.1, 0.15) is 0 Å². The topological polar surface area (TPSA) is 60.0 Å². The van der Waals surface area contributed by atoms with Crippen molar-refractivity contribution in [2.75, 3.05) is 38.6 Å². The zero-order valence-corrected chi connectivity index (χ0v) is 21.2. The van der Waals surface area contributed by atoms with Gasteiger partial charge in [-0.3, -0.25) is 4.79 Å². The molecule has 0 aromatic heterocycles. The minimum Gasteiger partial charge on any atom is -0.366 e. The van der Waals surface area contributed by atoms with Crippen molar-refractivity contribution in [3.63, 3.8) is 0 Å². The van der Waals surface area contributed by atoms with Crippen LogP contribution in [0, 0.1) is 0 Å². The van der Waals surface area contributed by atoms with Crippen LogP contribution in [0.3, 0.4) is 0 Å². The van der Waals surface area contributed by atoms with E-state index < -0.39 is 0 Å². The summed E-state index contributed by atoms with van der Waals surface area (Å²) < 4.78 is 0. The first-order valence-corrected chi connectivity index (χ1v) is 10.7. The number of rotatable bonds is 7. The van der Waals surface area contributed by atoms with Gasteiger partial charge < -0.3 is 20.4 Å². The summed E-state index contributed by atoms with van der Waals surface area (Å²) in [6.07, 6.45) is 1.11. The molecular formula is C24H34IN5O. The van der Waals surface area contributed by atoms with E-state index in [4.69, 9.17) is 4.99 Å². The third-order valence-corrected chi connectivity index (χ3v) is 5.39. The lowest BCUT2D eigenvalue weighted by atomic mass is 10.1. The normalized spacial score (nSPS) is 13.8. The van der Waals surface area contributed by atoms with E-state index in [0.29, 0.717) is 18.2 Å². The Kier molecular flexibility index (Phi) is 9.61. The van der Waals surface area contributed by atoms with Gasteiger partial charge >= 0.3 is 0 Å². The highest BCUT2D eigenvalue weighted by Crippen LogP contribution is 2.28. The summed E-state index contributed by atoms with van der Waals surface area (Å²) in [5, 5.41) is 6.80. The van der Waals surface area contributed by atoms with E-state index in [2.05, 4.69) is 53.6 Å². The van der Waals surface area contributed by atoms with Crippen LogP contribution in [0.4, 0.5) is 5.69 Å². The Bertz CT molecular complexity index is 882. The van der Waals surface area contributed by atoms with Crippen LogP contribution in [0.15, 0.2) is 53.5 Å². The molecule has 1 amide bonds. The van der Waals surface area contributed by atoms with E-state index in [1.807, 2.05) is 24.3 Å². The van der Waals surface area contributed by atoms with Crippen molar-refractivity contribution in [1.29, 1.82) is 0 Å². The number of para-hydroxylation sites is 1. The van der Waals surface area contributed by atoms with Crippen LogP contribution in [0.25, 0.3) is 0 Å². The molecule has 1 unspecified atom stereocenters. The number of carbonyl (C=O) groups excluding carboxylic acids is 1. The second-order valence-corrected chi connectivity index (χ2v) is 7.89. The Morgan fingerprint density at radius 1 is 1.13 bits per heavy atom. The number of hydrogen-bond acceptors (Lipinski definition) is 3. The van der Waals surface area contributed by atoms with Gasteiger partial charge in [-0.2, -0.15) is 0 Å². The molecular weight excluding hydrogens is 501 g/mol. The molecule has 0 aliphatic carbocycles. The summed E-state index contributed by atoms with van der Waals surface area (Å²) in [7, 11) is 3.52. The zero-order valence-electron chi connectivity index (χ0n) is 18.9. The van der Waals surface area contributed by atoms with Crippen molar-refractivity contribution in [2.45, 2.75) is 32.9 Å². The van der Waals surface area contributed by atoms with Gasteiger partial charge in [0.25, 0.3) is 5.91 Å². The quantitative estimate of drug-likeness (QED) is 0.324. The highest BCUT2D eigenvalue weighted by molar-refractivity contribution is 14.0. The third kappa shape index (κ3) is 6.59. The molecule has 2 aromatic carbocycles. The summed E-state index contributed by atoms with van der Waals surface area (Å²) in [6, 6.07) is 16.7. The summed E-state index contributed by atoms with van der Waals surface area (Å²) in [5.74, 6) is 0.822. The van der Waals surface area contributed by atoms with Gasteiger partial charge in [0.15, 0.2) is 5.96 Å². The lowest BCUT2D eigenvalue weighted by molar-refractivity contribution is 0.0827. The van der Waals surface area contributed by atoms with Gasteiger partial charge in [0.05, 0.1) is 6.54 Å². The maximum Gasteiger partial charge on any atom is 0.253 e. The van der Waals surface area contributed by atoms with E-state index >= 15 is 0 Å². The van der Waals surface area contributed by atoms with Gasteiger partial charge in [0.2, 0.25) is 0 Å². The lowest BCUT2D eigenvalue weighted by Crippen LogP contribution is -2.45. The number of carbonyl (C=O) groups is 1. The number of halogens is 1. The average Bonchev–Trinajstić information content (AvgIpc) is 3.19. The molecule has 2 N–H and O–H groups in total. The second-order valence-electron chi connectivity index (χ2n) is 7.89. The molecule has 168 valence electrons. The largest absolute Gasteiger partial charge is 0.366 e. The molecule has 0 bridgehead atoms. The fourth-order valence-corrected chi connectivity index (χ4v) is 3.70. The standard InChI is InChI=1S/C24H33N5O.HI/c1-5-25-24(27-17-19-10-12-21(13-11-19)23(30)28(3)4)26-16-18(2)29-15-14-20-8-6-7-9-22(20)29;/h6-13,18H,5,14-17H2,1-4H3,(H2,25,26,27);1H. The highest BCUT2D eigenvalue weighted by Gasteiger charge is 2.22. The van der Waals surface area contributed by atoms with E-state index in [1.54, 1.807) is 19.0 Å². The predicted octanol–water partition coefficient (Wildman–Crippen LogP) is 3.51. The van der Waals surface area contributed by atoms with Crippen molar-refractivity contribution in [1.82, 2.24) is 15.5 Å². The maximum atomic E-state index is 12.0. The molecule has 2 aromatic rings. The Hall–Kier alpha value is -2.29. The Labute approximate surface area is 203 Å². The molecule has 6 nitrogen and oxygen atoms in total. The fourth-order valence-electron chi connectivity index (χ4n) is 3.70. The summed E-state index contributed by atoms with van der Waals surface area (Å²) in [5.41, 5.74) is 4.55. The second kappa shape index (κ2) is 11.9. The Balaban J connectivity index is 0.00000341. The molecule has 0 radical (unpaired) electrons. The highest BCUT2D eigenvalue weighted by atomic mass is 127. The molecule has 0 fully saturated rings. The van der Waals surface area contributed by atoms with Crippen LogP contribution in [-0.2, 0) is 13.0 Å². The molecule has 0 saturated heterocycles. The van der Waals surface area contributed by atoms with Crippen LogP contribution in [0.2, 0.25) is 0 Å². The molecule has 0 saturated carbocycles. The van der Waals surface area contributed by atoms with Gasteiger partial charge in [-0.05, 0) is 49.6 Å². The van der Waals surface area contributed by atoms with Crippen molar-refractivity contribution in [2.24, 2.45) is 4.99 Å². The number of anilines is 1. The number of fused-ring (bicyclic) bond motifs is 1. The number of aliphatic imine (C=N–C) groups is 1. The Morgan fingerprint density at radius 2 is 1.84 bits per heavy atom. The lowest BCUT2D eigenvalue weighted by Gasteiger charge is -2.28. The number of nitrogens with zero attached hydrogens (tertiary/aromatic N) is 3. The van der Waals surface area contributed by atoms with Crippen molar-refractivity contribution in [3.05, 3.63) is 65.2 Å². The third-order valence-electron chi connectivity index (χ3n) is 5.39. The molecule has 0 spiro atoms. The number of nitrogens with one attached hydrogen (secondary N) is 2. The minimum atomic E-state index is 0. The van der Waals surface area contributed by atoms with Crippen LogP contribution in [-0.4, -0.2) is 56.5 Å².